The van der Waals surface area contributed by atoms with E-state index in [1.807, 2.05) is 0 Å². The summed E-state index contributed by atoms with van der Waals surface area (Å²) in [7, 11) is 0. The molecular formula is C26H51NO7. The van der Waals surface area contributed by atoms with Crippen LogP contribution in [0.2, 0.25) is 0 Å². The lowest BCUT2D eigenvalue weighted by molar-refractivity contribution is -0.188. The lowest BCUT2D eigenvalue weighted by Gasteiger charge is -2.48. The highest BCUT2D eigenvalue weighted by atomic mass is 16.6. The van der Waals surface area contributed by atoms with Crippen LogP contribution in [-0.4, -0.2) is 116 Å². The van der Waals surface area contributed by atoms with Crippen LogP contribution >= 0.6 is 0 Å². The Labute approximate surface area is 207 Å². The Kier molecular flexibility index (Phi) is 13.8. The summed E-state index contributed by atoms with van der Waals surface area (Å²) in [5, 5.41) is 0. The highest BCUT2D eigenvalue weighted by Gasteiger charge is 2.42. The van der Waals surface area contributed by atoms with Crippen molar-refractivity contribution < 1.29 is 33.2 Å². The minimum absolute atomic E-state index is 0.107. The summed E-state index contributed by atoms with van der Waals surface area (Å²) in [6.45, 7) is 23.6. The van der Waals surface area contributed by atoms with Gasteiger partial charge < -0.3 is 38.1 Å². The van der Waals surface area contributed by atoms with Crippen molar-refractivity contribution in [2.75, 3.05) is 98.9 Å². The average molecular weight is 490 g/mol. The minimum Gasteiger partial charge on any atom is -0.381 e. The van der Waals surface area contributed by atoms with Crippen molar-refractivity contribution in [2.24, 2.45) is 17.3 Å². The molecule has 2 aliphatic heterocycles. The average Bonchev–Trinajstić information content (AvgIpc) is 2.72. The maximum Gasteiger partial charge on any atom is 0.0707 e. The van der Waals surface area contributed by atoms with Gasteiger partial charge >= 0.3 is 0 Å². The van der Waals surface area contributed by atoms with E-state index in [1.54, 1.807) is 0 Å². The standard InChI is InChI=1S/C26H51NO7/c1-25(2,3)21-32-16-15-31-14-13-30-12-11-29-10-9-28-8-7-27-17-22-19-33-20-23(18-27)24(22)34-26(4,5)6/h22-24H,7-21H2,1-6H3. The first-order valence-corrected chi connectivity index (χ1v) is 13.0. The summed E-state index contributed by atoms with van der Waals surface area (Å²) in [6, 6.07) is 0. The van der Waals surface area contributed by atoms with Crippen LogP contribution in [-0.2, 0) is 33.2 Å². The molecule has 2 fully saturated rings. The van der Waals surface area contributed by atoms with Gasteiger partial charge in [-0.15, -0.1) is 0 Å². The van der Waals surface area contributed by atoms with Crippen LogP contribution in [0.15, 0.2) is 0 Å². The molecule has 0 radical (unpaired) electrons. The van der Waals surface area contributed by atoms with E-state index in [9.17, 15) is 0 Å². The number of likely N-dealkylation sites (tertiary alicyclic amines) is 1. The van der Waals surface area contributed by atoms with Crippen molar-refractivity contribution in [3.63, 3.8) is 0 Å². The predicted molar refractivity (Wildman–Crippen MR) is 132 cm³/mol. The van der Waals surface area contributed by atoms with Gasteiger partial charge in [0.05, 0.1) is 91.0 Å². The molecule has 8 nitrogen and oxygen atoms in total. The molecule has 0 N–H and O–H groups in total. The monoisotopic (exact) mass is 489 g/mol. The molecule has 2 saturated heterocycles. The summed E-state index contributed by atoms with van der Waals surface area (Å²) in [5.41, 5.74) is 0.0893. The van der Waals surface area contributed by atoms with Crippen molar-refractivity contribution in [3.05, 3.63) is 0 Å². The van der Waals surface area contributed by atoms with Crippen molar-refractivity contribution in [3.8, 4) is 0 Å². The predicted octanol–water partition coefficient (Wildman–Crippen LogP) is 2.88. The third-order valence-corrected chi connectivity index (χ3v) is 5.64. The first-order chi connectivity index (χ1) is 16.1. The lowest BCUT2D eigenvalue weighted by Crippen LogP contribution is -2.58. The normalized spacial score (nSPS) is 24.0. The quantitative estimate of drug-likeness (QED) is 0.289. The minimum atomic E-state index is -0.107. The van der Waals surface area contributed by atoms with E-state index in [0.717, 1.165) is 46.1 Å². The van der Waals surface area contributed by atoms with E-state index in [0.29, 0.717) is 70.8 Å². The molecule has 34 heavy (non-hydrogen) atoms. The lowest BCUT2D eigenvalue weighted by atomic mass is 9.84. The molecule has 8 heteroatoms. The molecule has 2 heterocycles. The largest absolute Gasteiger partial charge is 0.381 e. The van der Waals surface area contributed by atoms with Gasteiger partial charge in [-0.3, -0.25) is 0 Å². The fourth-order valence-corrected chi connectivity index (χ4v) is 4.23. The van der Waals surface area contributed by atoms with E-state index >= 15 is 0 Å². The third-order valence-electron chi connectivity index (χ3n) is 5.64. The Bertz CT molecular complexity index is 506. The van der Waals surface area contributed by atoms with Crippen molar-refractivity contribution in [1.29, 1.82) is 0 Å². The summed E-state index contributed by atoms with van der Waals surface area (Å²) < 4.78 is 40.1. The van der Waals surface area contributed by atoms with Crippen LogP contribution in [0.1, 0.15) is 41.5 Å². The number of rotatable bonds is 17. The first-order valence-electron chi connectivity index (χ1n) is 13.0. The Morgan fingerprint density at radius 1 is 0.647 bits per heavy atom. The Balaban J connectivity index is 1.36. The van der Waals surface area contributed by atoms with Crippen LogP contribution in [0.5, 0.6) is 0 Å². The van der Waals surface area contributed by atoms with Gasteiger partial charge in [0.25, 0.3) is 0 Å². The Morgan fingerprint density at radius 3 is 1.53 bits per heavy atom. The molecule has 2 rings (SSSR count). The van der Waals surface area contributed by atoms with Crippen molar-refractivity contribution >= 4 is 0 Å². The van der Waals surface area contributed by atoms with Crippen LogP contribution < -0.4 is 0 Å². The number of nitrogens with zero attached hydrogens (tertiary/aromatic N) is 1. The van der Waals surface area contributed by atoms with Crippen molar-refractivity contribution in [1.82, 2.24) is 4.90 Å². The van der Waals surface area contributed by atoms with E-state index < -0.39 is 0 Å². The highest BCUT2D eigenvalue weighted by Crippen LogP contribution is 2.32. The number of hydrogen-bond acceptors (Lipinski definition) is 8. The second-order valence-corrected chi connectivity index (χ2v) is 11.6. The maximum atomic E-state index is 6.36. The fraction of sp³-hybridized carbons (Fsp3) is 1.00. The highest BCUT2D eigenvalue weighted by molar-refractivity contribution is 4.91. The molecule has 2 atom stereocenters. The Hall–Kier alpha value is -0.320. The van der Waals surface area contributed by atoms with Gasteiger partial charge in [0.15, 0.2) is 0 Å². The topological polar surface area (TPSA) is 67.9 Å². The first kappa shape index (κ1) is 29.9. The van der Waals surface area contributed by atoms with Gasteiger partial charge in [0, 0.05) is 31.5 Å². The van der Waals surface area contributed by atoms with E-state index in [-0.39, 0.29) is 11.0 Å². The third kappa shape index (κ3) is 13.7. The number of piperidine rings is 1. The summed E-state index contributed by atoms with van der Waals surface area (Å²) in [6.07, 6.45) is 0.306. The molecule has 0 aromatic heterocycles. The molecule has 2 bridgehead atoms. The van der Waals surface area contributed by atoms with E-state index in [1.165, 1.54) is 0 Å². The zero-order valence-corrected chi connectivity index (χ0v) is 22.6. The summed E-state index contributed by atoms with van der Waals surface area (Å²) in [5.74, 6) is 0.893. The zero-order chi connectivity index (χ0) is 24.9. The fourth-order valence-electron chi connectivity index (χ4n) is 4.23. The smallest absolute Gasteiger partial charge is 0.0707 e. The molecule has 2 unspecified atom stereocenters. The maximum absolute atomic E-state index is 6.36. The summed E-state index contributed by atoms with van der Waals surface area (Å²) in [4.78, 5) is 2.49. The van der Waals surface area contributed by atoms with Crippen molar-refractivity contribution in [2.45, 2.75) is 53.2 Å². The van der Waals surface area contributed by atoms with Gasteiger partial charge in [-0.05, 0) is 26.2 Å². The van der Waals surface area contributed by atoms with Crippen LogP contribution in [0.4, 0.5) is 0 Å². The molecule has 0 spiro atoms. The van der Waals surface area contributed by atoms with Gasteiger partial charge in [-0.1, -0.05) is 20.8 Å². The van der Waals surface area contributed by atoms with E-state index in [4.69, 9.17) is 33.2 Å². The number of ether oxygens (including phenoxy) is 7. The Morgan fingerprint density at radius 2 is 1.09 bits per heavy atom. The van der Waals surface area contributed by atoms with Gasteiger partial charge in [-0.2, -0.15) is 0 Å². The van der Waals surface area contributed by atoms with Crippen LogP contribution in [0.3, 0.4) is 0 Å². The number of fused-ring (bicyclic) bond motifs is 2. The molecule has 0 aromatic rings. The van der Waals surface area contributed by atoms with Gasteiger partial charge in [0.2, 0.25) is 0 Å². The second-order valence-electron chi connectivity index (χ2n) is 11.6. The van der Waals surface area contributed by atoms with Crippen LogP contribution in [0, 0.1) is 17.3 Å². The number of hydrogen-bond donors (Lipinski definition) is 0. The molecule has 0 aromatic carbocycles. The SMILES string of the molecule is CC(C)(C)COCCOCCOCCOCCOCCN1CC2COCC(C1)C2OC(C)(C)C. The molecule has 202 valence electrons. The zero-order valence-electron chi connectivity index (χ0n) is 22.6. The molecule has 0 saturated carbocycles. The second kappa shape index (κ2) is 15.7. The molecule has 2 aliphatic rings. The molecule has 0 amide bonds. The molecule has 0 aliphatic carbocycles. The molecular weight excluding hydrogens is 438 g/mol. The van der Waals surface area contributed by atoms with Gasteiger partial charge in [0.1, 0.15) is 0 Å². The van der Waals surface area contributed by atoms with E-state index in [2.05, 4.69) is 46.4 Å². The summed E-state index contributed by atoms with van der Waals surface area (Å²) >= 11 is 0. The van der Waals surface area contributed by atoms with Gasteiger partial charge in [-0.25, -0.2) is 0 Å². The van der Waals surface area contributed by atoms with Crippen LogP contribution in [0.25, 0.3) is 0 Å².